The molecule has 2 heterocycles. The first-order valence-corrected chi connectivity index (χ1v) is 10.3. The number of nitrogens with one attached hydrogen (secondary N) is 1. The van der Waals surface area contributed by atoms with E-state index in [-0.39, 0.29) is 15.8 Å². The lowest BCUT2D eigenvalue weighted by Gasteiger charge is -2.22. The smallest absolute Gasteiger partial charge is 0.253 e. The quantitative estimate of drug-likeness (QED) is 0.809. The van der Waals surface area contributed by atoms with E-state index in [4.69, 9.17) is 23.2 Å². The molecule has 5 nitrogen and oxygen atoms in total. The van der Waals surface area contributed by atoms with Crippen LogP contribution in [0.5, 0.6) is 0 Å². The highest BCUT2D eigenvalue weighted by molar-refractivity contribution is 7.91. The lowest BCUT2D eigenvalue weighted by Crippen LogP contribution is -2.42. The largest absolute Gasteiger partial charge is 0.325 e. The zero-order valence-electron chi connectivity index (χ0n) is 12.7. The SMILES string of the molecule is O=C(Nc1ccc(F)c(Cl)c1)[C@@H]1CCCN1S(=O)(=O)c1ccc(Cl)s1. The molecule has 3 rings (SSSR count). The van der Waals surface area contributed by atoms with Crippen molar-refractivity contribution in [1.29, 1.82) is 0 Å². The molecule has 0 bridgehead atoms. The summed E-state index contributed by atoms with van der Waals surface area (Å²) in [6, 6.07) is 5.87. The minimum absolute atomic E-state index is 0.0991. The van der Waals surface area contributed by atoms with Crippen LogP contribution in [0.25, 0.3) is 0 Å². The number of hydrogen-bond donors (Lipinski definition) is 1. The fraction of sp³-hybridized carbons (Fsp3) is 0.267. The van der Waals surface area contributed by atoms with Crippen molar-refractivity contribution in [2.24, 2.45) is 0 Å². The van der Waals surface area contributed by atoms with E-state index < -0.39 is 27.8 Å². The van der Waals surface area contributed by atoms with Crippen LogP contribution >= 0.6 is 34.5 Å². The second kappa shape index (κ2) is 7.20. The molecule has 1 atom stereocenters. The van der Waals surface area contributed by atoms with Gasteiger partial charge < -0.3 is 5.32 Å². The van der Waals surface area contributed by atoms with Gasteiger partial charge in [0.25, 0.3) is 10.0 Å². The Balaban J connectivity index is 1.81. The van der Waals surface area contributed by atoms with Crippen molar-refractivity contribution in [2.75, 3.05) is 11.9 Å². The molecule has 1 amide bonds. The Kier molecular flexibility index (Phi) is 5.36. The molecule has 1 N–H and O–H groups in total. The van der Waals surface area contributed by atoms with Gasteiger partial charge >= 0.3 is 0 Å². The molecule has 1 fully saturated rings. The van der Waals surface area contributed by atoms with E-state index in [9.17, 15) is 17.6 Å². The number of carbonyl (C=O) groups excluding carboxylic acids is 1. The maximum absolute atomic E-state index is 13.2. The van der Waals surface area contributed by atoms with E-state index in [1.54, 1.807) is 0 Å². The fourth-order valence-corrected chi connectivity index (χ4v) is 6.09. The van der Waals surface area contributed by atoms with Crippen molar-refractivity contribution in [3.8, 4) is 0 Å². The van der Waals surface area contributed by atoms with Crippen LogP contribution in [0.4, 0.5) is 10.1 Å². The molecule has 1 aromatic heterocycles. The average Bonchev–Trinajstić information content (AvgIpc) is 3.20. The average molecular weight is 423 g/mol. The predicted molar refractivity (Wildman–Crippen MR) is 96.3 cm³/mol. The third kappa shape index (κ3) is 3.83. The van der Waals surface area contributed by atoms with Crippen molar-refractivity contribution in [2.45, 2.75) is 23.1 Å². The van der Waals surface area contributed by atoms with Gasteiger partial charge in [-0.25, -0.2) is 12.8 Å². The summed E-state index contributed by atoms with van der Waals surface area (Å²) in [6.07, 6.45) is 0.972. The summed E-state index contributed by atoms with van der Waals surface area (Å²) in [5.74, 6) is -1.08. The van der Waals surface area contributed by atoms with Gasteiger partial charge in [-0.1, -0.05) is 23.2 Å². The molecule has 2 aromatic rings. The van der Waals surface area contributed by atoms with E-state index in [1.165, 1.54) is 28.6 Å². The van der Waals surface area contributed by atoms with Gasteiger partial charge in [-0.05, 0) is 43.2 Å². The van der Waals surface area contributed by atoms with Gasteiger partial charge in [0.15, 0.2) is 0 Å². The first-order chi connectivity index (χ1) is 11.8. The van der Waals surface area contributed by atoms with Crippen LogP contribution in [0.3, 0.4) is 0 Å². The zero-order valence-corrected chi connectivity index (χ0v) is 15.9. The number of anilines is 1. The number of nitrogens with zero attached hydrogens (tertiary/aromatic N) is 1. The molecule has 0 spiro atoms. The second-order valence-electron chi connectivity index (χ2n) is 5.45. The lowest BCUT2D eigenvalue weighted by atomic mass is 10.2. The summed E-state index contributed by atoms with van der Waals surface area (Å²) < 4.78 is 40.3. The topological polar surface area (TPSA) is 66.5 Å². The van der Waals surface area contributed by atoms with Gasteiger partial charge in [0.05, 0.1) is 9.36 Å². The number of benzene rings is 1. The molecule has 0 aliphatic carbocycles. The summed E-state index contributed by atoms with van der Waals surface area (Å²) in [5, 5.41) is 2.47. The molecule has 0 radical (unpaired) electrons. The predicted octanol–water partition coefficient (Wildman–Crippen LogP) is 3.99. The van der Waals surface area contributed by atoms with Crippen LogP contribution in [-0.4, -0.2) is 31.2 Å². The second-order valence-corrected chi connectivity index (χ2v) is 9.69. The number of hydrogen-bond acceptors (Lipinski definition) is 4. The van der Waals surface area contributed by atoms with Crippen LogP contribution in [-0.2, 0) is 14.8 Å². The molecule has 1 aromatic carbocycles. The minimum Gasteiger partial charge on any atom is -0.325 e. The van der Waals surface area contributed by atoms with E-state index in [2.05, 4.69) is 5.32 Å². The van der Waals surface area contributed by atoms with Crippen LogP contribution in [0.2, 0.25) is 9.36 Å². The van der Waals surface area contributed by atoms with Crippen LogP contribution < -0.4 is 5.32 Å². The molecular weight excluding hydrogens is 410 g/mol. The van der Waals surface area contributed by atoms with Crippen molar-refractivity contribution < 1.29 is 17.6 Å². The fourth-order valence-electron chi connectivity index (χ4n) is 2.64. The molecule has 1 aliphatic heterocycles. The maximum Gasteiger partial charge on any atom is 0.253 e. The first kappa shape index (κ1) is 18.6. The van der Waals surface area contributed by atoms with Crippen molar-refractivity contribution in [1.82, 2.24) is 4.31 Å². The minimum atomic E-state index is -3.80. The summed E-state index contributed by atoms with van der Waals surface area (Å²) >= 11 is 12.5. The van der Waals surface area contributed by atoms with Gasteiger partial charge in [0.2, 0.25) is 5.91 Å². The molecule has 1 aliphatic rings. The monoisotopic (exact) mass is 422 g/mol. The highest BCUT2D eigenvalue weighted by Gasteiger charge is 2.40. The molecule has 0 saturated carbocycles. The number of thiophene rings is 1. The van der Waals surface area contributed by atoms with Crippen molar-refractivity contribution in [3.05, 3.63) is 45.5 Å². The van der Waals surface area contributed by atoms with E-state index >= 15 is 0 Å². The summed E-state index contributed by atoms with van der Waals surface area (Å²) in [7, 11) is -3.80. The normalized spacial score (nSPS) is 18.4. The van der Waals surface area contributed by atoms with E-state index in [1.807, 2.05) is 0 Å². The third-order valence-corrected chi connectivity index (χ3v) is 7.70. The molecular formula is C15H13Cl2FN2O3S2. The van der Waals surface area contributed by atoms with Crippen molar-refractivity contribution >= 4 is 56.2 Å². The number of amides is 1. The highest BCUT2D eigenvalue weighted by Crippen LogP contribution is 2.32. The molecule has 1 saturated heterocycles. The Morgan fingerprint density at radius 3 is 2.68 bits per heavy atom. The number of sulfonamides is 1. The first-order valence-electron chi connectivity index (χ1n) is 7.32. The summed E-state index contributed by atoms with van der Waals surface area (Å²) in [6.45, 7) is 0.250. The maximum atomic E-state index is 13.2. The van der Waals surface area contributed by atoms with Gasteiger partial charge in [0.1, 0.15) is 16.1 Å². The standard InChI is InChI=1S/C15H13Cl2FN2O3S2/c16-10-8-9(3-4-11(10)18)19-15(21)12-2-1-7-20(12)25(22,23)14-6-5-13(17)24-14/h3-6,8,12H,1-2,7H2,(H,19,21)/t12-/m0/s1. The third-order valence-electron chi connectivity index (χ3n) is 3.80. The summed E-state index contributed by atoms with van der Waals surface area (Å²) in [5.41, 5.74) is 0.305. The summed E-state index contributed by atoms with van der Waals surface area (Å²) in [4.78, 5) is 12.5. The van der Waals surface area contributed by atoms with Crippen LogP contribution in [0, 0.1) is 5.82 Å². The molecule has 134 valence electrons. The molecule has 25 heavy (non-hydrogen) atoms. The van der Waals surface area contributed by atoms with E-state index in [0.29, 0.717) is 22.9 Å². The van der Waals surface area contributed by atoms with E-state index in [0.717, 1.165) is 17.4 Å². The van der Waals surface area contributed by atoms with Gasteiger partial charge in [-0.15, -0.1) is 11.3 Å². The number of rotatable bonds is 4. The van der Waals surface area contributed by atoms with Crippen LogP contribution in [0.15, 0.2) is 34.5 Å². The zero-order chi connectivity index (χ0) is 18.2. The van der Waals surface area contributed by atoms with Crippen molar-refractivity contribution in [3.63, 3.8) is 0 Å². The van der Waals surface area contributed by atoms with Crippen LogP contribution in [0.1, 0.15) is 12.8 Å². The number of halogens is 3. The van der Waals surface area contributed by atoms with Gasteiger partial charge in [-0.2, -0.15) is 4.31 Å². The Morgan fingerprint density at radius 2 is 2.04 bits per heavy atom. The number of carbonyl (C=O) groups is 1. The lowest BCUT2D eigenvalue weighted by molar-refractivity contribution is -0.119. The Morgan fingerprint density at radius 1 is 1.28 bits per heavy atom. The highest BCUT2D eigenvalue weighted by atomic mass is 35.5. The van der Waals surface area contributed by atoms with Gasteiger partial charge in [-0.3, -0.25) is 4.79 Å². The Labute approximate surface area is 158 Å². The van der Waals surface area contributed by atoms with Gasteiger partial charge in [0, 0.05) is 12.2 Å². The molecule has 10 heteroatoms. The Hall–Kier alpha value is -1.19. The molecule has 0 unspecified atom stereocenters. The Bertz CT molecular complexity index is 917.